The molecule has 0 N–H and O–H groups in total. The van der Waals surface area contributed by atoms with Gasteiger partial charge in [-0.3, -0.25) is 4.79 Å². The molecule has 0 unspecified atom stereocenters. The second kappa shape index (κ2) is 7.65. The van der Waals surface area contributed by atoms with Gasteiger partial charge in [0.1, 0.15) is 0 Å². The van der Waals surface area contributed by atoms with Crippen LogP contribution in [-0.4, -0.2) is 37.0 Å². The highest BCUT2D eigenvalue weighted by atomic mass is 16.2. The van der Waals surface area contributed by atoms with Gasteiger partial charge < -0.3 is 9.80 Å². The molecule has 122 valence electrons. The summed E-state index contributed by atoms with van der Waals surface area (Å²) in [5, 5.41) is 8.81. The number of anilines is 1. The van der Waals surface area contributed by atoms with Gasteiger partial charge in [0.2, 0.25) is 5.91 Å². The monoisotopic (exact) mass is 319 g/mol. The van der Waals surface area contributed by atoms with Crippen molar-refractivity contribution in [1.29, 1.82) is 5.26 Å². The van der Waals surface area contributed by atoms with E-state index in [0.717, 1.165) is 38.2 Å². The van der Waals surface area contributed by atoms with Crippen LogP contribution in [0.2, 0.25) is 0 Å². The molecule has 1 fully saturated rings. The standard InChI is InChI=1S/C20H21N3O/c21-16-18-8-6-17(7-9-18)10-11-20(24)23-14-12-22(13-15-23)19-4-2-1-3-5-19/h1-9H,10-15H2. The van der Waals surface area contributed by atoms with Crippen molar-refractivity contribution in [3.05, 3.63) is 65.7 Å². The zero-order chi connectivity index (χ0) is 16.8. The van der Waals surface area contributed by atoms with Crippen molar-refractivity contribution in [2.75, 3.05) is 31.1 Å². The summed E-state index contributed by atoms with van der Waals surface area (Å²) in [5.74, 6) is 0.215. The van der Waals surface area contributed by atoms with Gasteiger partial charge in [-0.1, -0.05) is 30.3 Å². The van der Waals surface area contributed by atoms with Crippen molar-refractivity contribution in [1.82, 2.24) is 4.90 Å². The highest BCUT2D eigenvalue weighted by Gasteiger charge is 2.20. The number of aryl methyl sites for hydroxylation is 1. The number of para-hydroxylation sites is 1. The molecular formula is C20H21N3O. The smallest absolute Gasteiger partial charge is 0.223 e. The molecule has 2 aromatic rings. The second-order valence-corrected chi connectivity index (χ2v) is 6.01. The molecule has 0 radical (unpaired) electrons. The molecule has 24 heavy (non-hydrogen) atoms. The Balaban J connectivity index is 1.47. The predicted molar refractivity (Wildman–Crippen MR) is 94.7 cm³/mol. The number of nitrogens with zero attached hydrogens (tertiary/aromatic N) is 3. The molecule has 0 aliphatic carbocycles. The lowest BCUT2D eigenvalue weighted by molar-refractivity contribution is -0.131. The van der Waals surface area contributed by atoms with Gasteiger partial charge in [0, 0.05) is 38.3 Å². The summed E-state index contributed by atoms with van der Waals surface area (Å²) in [4.78, 5) is 16.7. The summed E-state index contributed by atoms with van der Waals surface area (Å²) < 4.78 is 0. The van der Waals surface area contributed by atoms with Crippen LogP contribution in [0.25, 0.3) is 0 Å². The number of hydrogen-bond donors (Lipinski definition) is 0. The van der Waals surface area contributed by atoms with Crippen LogP contribution in [-0.2, 0) is 11.2 Å². The molecule has 4 heteroatoms. The van der Waals surface area contributed by atoms with Gasteiger partial charge in [-0.25, -0.2) is 0 Å². The SMILES string of the molecule is N#Cc1ccc(CCC(=O)N2CCN(c3ccccc3)CC2)cc1. The van der Waals surface area contributed by atoms with Crippen molar-refractivity contribution in [3.63, 3.8) is 0 Å². The molecule has 2 aromatic carbocycles. The maximum Gasteiger partial charge on any atom is 0.223 e. The third-order valence-electron chi connectivity index (χ3n) is 4.46. The van der Waals surface area contributed by atoms with E-state index in [-0.39, 0.29) is 5.91 Å². The largest absolute Gasteiger partial charge is 0.368 e. The fourth-order valence-electron chi connectivity index (χ4n) is 3.01. The zero-order valence-corrected chi connectivity index (χ0v) is 13.7. The number of hydrogen-bond acceptors (Lipinski definition) is 3. The topological polar surface area (TPSA) is 47.3 Å². The Morgan fingerprint density at radius 1 is 0.958 bits per heavy atom. The van der Waals surface area contributed by atoms with Crippen molar-refractivity contribution < 1.29 is 4.79 Å². The highest BCUT2D eigenvalue weighted by Crippen LogP contribution is 2.16. The number of piperazine rings is 1. The van der Waals surface area contributed by atoms with Crippen LogP contribution in [0.1, 0.15) is 17.5 Å². The van der Waals surface area contributed by atoms with Crippen LogP contribution >= 0.6 is 0 Å². The summed E-state index contributed by atoms with van der Waals surface area (Å²) >= 11 is 0. The van der Waals surface area contributed by atoms with Crippen LogP contribution in [0.4, 0.5) is 5.69 Å². The van der Waals surface area contributed by atoms with E-state index in [2.05, 4.69) is 23.1 Å². The van der Waals surface area contributed by atoms with Crippen LogP contribution < -0.4 is 4.90 Å². The van der Waals surface area contributed by atoms with Gasteiger partial charge >= 0.3 is 0 Å². The Bertz CT molecular complexity index is 711. The number of benzene rings is 2. The van der Waals surface area contributed by atoms with Crippen molar-refractivity contribution in [3.8, 4) is 6.07 Å². The minimum absolute atomic E-state index is 0.215. The molecule has 1 aliphatic rings. The summed E-state index contributed by atoms with van der Waals surface area (Å²) in [6, 6.07) is 19.9. The highest BCUT2D eigenvalue weighted by molar-refractivity contribution is 5.76. The quantitative estimate of drug-likeness (QED) is 0.870. The molecule has 0 saturated carbocycles. The first-order chi connectivity index (χ1) is 11.8. The second-order valence-electron chi connectivity index (χ2n) is 6.01. The molecule has 1 heterocycles. The third-order valence-corrected chi connectivity index (χ3v) is 4.46. The Morgan fingerprint density at radius 3 is 2.25 bits per heavy atom. The molecule has 1 aliphatic heterocycles. The van der Waals surface area contributed by atoms with E-state index >= 15 is 0 Å². The average molecular weight is 319 g/mol. The molecule has 0 spiro atoms. The van der Waals surface area contributed by atoms with E-state index in [1.807, 2.05) is 35.2 Å². The fourth-order valence-corrected chi connectivity index (χ4v) is 3.01. The van der Waals surface area contributed by atoms with Gasteiger partial charge in [-0.15, -0.1) is 0 Å². The van der Waals surface area contributed by atoms with E-state index in [1.165, 1.54) is 5.69 Å². The van der Waals surface area contributed by atoms with Crippen molar-refractivity contribution >= 4 is 11.6 Å². The minimum Gasteiger partial charge on any atom is -0.368 e. The lowest BCUT2D eigenvalue weighted by atomic mass is 10.1. The normalized spacial score (nSPS) is 14.3. The summed E-state index contributed by atoms with van der Waals surface area (Å²) in [6.45, 7) is 3.32. The molecule has 4 nitrogen and oxygen atoms in total. The lowest BCUT2D eigenvalue weighted by Gasteiger charge is -2.36. The van der Waals surface area contributed by atoms with Gasteiger partial charge in [0.25, 0.3) is 0 Å². The minimum atomic E-state index is 0.215. The van der Waals surface area contributed by atoms with E-state index in [9.17, 15) is 4.79 Å². The van der Waals surface area contributed by atoms with E-state index < -0.39 is 0 Å². The number of carbonyl (C=O) groups excluding carboxylic acids is 1. The molecule has 0 atom stereocenters. The molecule has 0 bridgehead atoms. The maximum absolute atomic E-state index is 12.4. The number of rotatable bonds is 4. The zero-order valence-electron chi connectivity index (χ0n) is 13.7. The number of carbonyl (C=O) groups is 1. The van der Waals surface area contributed by atoms with Gasteiger partial charge in [0.05, 0.1) is 11.6 Å². The third kappa shape index (κ3) is 3.94. The predicted octanol–water partition coefficient (Wildman–Crippen LogP) is 2.84. The van der Waals surface area contributed by atoms with Gasteiger partial charge in [-0.05, 0) is 36.2 Å². The summed E-state index contributed by atoms with van der Waals surface area (Å²) in [5.41, 5.74) is 2.98. The Kier molecular flexibility index (Phi) is 5.12. The van der Waals surface area contributed by atoms with Crippen molar-refractivity contribution in [2.24, 2.45) is 0 Å². The lowest BCUT2D eigenvalue weighted by Crippen LogP contribution is -2.48. The van der Waals surface area contributed by atoms with Crippen molar-refractivity contribution in [2.45, 2.75) is 12.8 Å². The average Bonchev–Trinajstić information content (AvgIpc) is 2.67. The first-order valence-electron chi connectivity index (χ1n) is 8.33. The summed E-state index contributed by atoms with van der Waals surface area (Å²) in [6.07, 6.45) is 1.25. The molecule has 1 amide bonds. The molecule has 0 aromatic heterocycles. The van der Waals surface area contributed by atoms with E-state index in [0.29, 0.717) is 12.0 Å². The molecule has 3 rings (SSSR count). The van der Waals surface area contributed by atoms with Crippen LogP contribution in [0, 0.1) is 11.3 Å². The van der Waals surface area contributed by atoms with Crippen LogP contribution in [0.3, 0.4) is 0 Å². The summed E-state index contributed by atoms with van der Waals surface area (Å²) in [7, 11) is 0. The first-order valence-corrected chi connectivity index (χ1v) is 8.33. The van der Waals surface area contributed by atoms with Crippen LogP contribution in [0.5, 0.6) is 0 Å². The Labute approximate surface area is 142 Å². The maximum atomic E-state index is 12.4. The molecular weight excluding hydrogens is 298 g/mol. The van der Waals surface area contributed by atoms with E-state index in [1.54, 1.807) is 12.1 Å². The van der Waals surface area contributed by atoms with E-state index in [4.69, 9.17) is 5.26 Å². The first kappa shape index (κ1) is 16.1. The van der Waals surface area contributed by atoms with Gasteiger partial charge in [0.15, 0.2) is 0 Å². The molecule has 1 saturated heterocycles. The Hall–Kier alpha value is -2.80. The number of amides is 1. The van der Waals surface area contributed by atoms with Crippen LogP contribution in [0.15, 0.2) is 54.6 Å². The Morgan fingerprint density at radius 2 is 1.62 bits per heavy atom. The number of nitriles is 1. The van der Waals surface area contributed by atoms with Gasteiger partial charge in [-0.2, -0.15) is 5.26 Å². The fraction of sp³-hybridized carbons (Fsp3) is 0.300.